The number of rotatable bonds is 5. The minimum Gasteiger partial charge on any atom is -0.497 e. The second-order valence-electron chi connectivity index (χ2n) is 9.65. The Morgan fingerprint density at radius 1 is 0.941 bits per heavy atom. The molecule has 0 bridgehead atoms. The summed E-state index contributed by atoms with van der Waals surface area (Å²) in [7, 11) is 1.64. The van der Waals surface area contributed by atoms with Gasteiger partial charge in [0.2, 0.25) is 5.95 Å². The second kappa shape index (κ2) is 8.93. The lowest BCUT2D eigenvalue weighted by Gasteiger charge is -2.36. The first-order chi connectivity index (χ1) is 16.4. The van der Waals surface area contributed by atoms with Crippen LogP contribution in [0.1, 0.15) is 36.3 Å². The molecule has 2 aromatic heterocycles. The molecule has 0 amide bonds. The van der Waals surface area contributed by atoms with E-state index in [0.717, 1.165) is 55.5 Å². The summed E-state index contributed by atoms with van der Waals surface area (Å²) >= 11 is 0. The third kappa shape index (κ3) is 4.53. The van der Waals surface area contributed by atoms with E-state index in [1.807, 2.05) is 48.7 Å². The molecule has 5 rings (SSSR count). The van der Waals surface area contributed by atoms with Crippen molar-refractivity contribution >= 4 is 29.1 Å². The molecule has 3 heterocycles. The van der Waals surface area contributed by atoms with Crippen molar-refractivity contribution in [3.8, 4) is 5.75 Å². The number of anilines is 4. The lowest BCUT2D eigenvalue weighted by Crippen LogP contribution is -2.47. The van der Waals surface area contributed by atoms with Gasteiger partial charge in [0.1, 0.15) is 17.4 Å². The maximum absolute atomic E-state index is 13.1. The van der Waals surface area contributed by atoms with Gasteiger partial charge in [-0.15, -0.1) is 0 Å². The Labute approximate surface area is 200 Å². The summed E-state index contributed by atoms with van der Waals surface area (Å²) in [5.41, 5.74) is 2.18. The van der Waals surface area contributed by atoms with Crippen LogP contribution in [0.5, 0.6) is 5.75 Å². The average Bonchev–Trinajstić information content (AvgIpc) is 2.84. The van der Waals surface area contributed by atoms with Gasteiger partial charge in [-0.25, -0.2) is 9.97 Å². The molecule has 1 aliphatic heterocycles. The van der Waals surface area contributed by atoms with Gasteiger partial charge in [0.15, 0.2) is 5.78 Å². The minimum atomic E-state index is -0.120. The zero-order valence-corrected chi connectivity index (χ0v) is 19.9. The summed E-state index contributed by atoms with van der Waals surface area (Å²) < 4.78 is 5.27. The fourth-order valence-electron chi connectivity index (χ4n) is 4.67. The number of benzene rings is 1. The van der Waals surface area contributed by atoms with Crippen molar-refractivity contribution in [3.05, 3.63) is 59.9 Å². The van der Waals surface area contributed by atoms with E-state index in [9.17, 15) is 4.79 Å². The zero-order valence-electron chi connectivity index (χ0n) is 19.9. The largest absolute Gasteiger partial charge is 0.497 e. The van der Waals surface area contributed by atoms with Gasteiger partial charge in [0.05, 0.1) is 18.4 Å². The number of nitrogens with one attached hydrogen (secondary N) is 1. The Balaban J connectivity index is 1.44. The molecule has 0 spiro atoms. The summed E-state index contributed by atoms with van der Waals surface area (Å²) in [6.07, 6.45) is 3.06. The number of carbonyl (C=O) groups excluding carboxylic acids is 1. The van der Waals surface area contributed by atoms with Crippen molar-refractivity contribution in [3.63, 3.8) is 0 Å². The number of Topliss-reactive ketones (excluding diaryl/α,β-unsaturated/α-hetero) is 1. The van der Waals surface area contributed by atoms with Crippen LogP contribution in [0.2, 0.25) is 0 Å². The summed E-state index contributed by atoms with van der Waals surface area (Å²) in [4.78, 5) is 31.9. The molecular weight excluding hydrogens is 428 g/mol. The summed E-state index contributed by atoms with van der Waals surface area (Å²) in [5.74, 6) is 3.11. The molecule has 0 atom stereocenters. The van der Waals surface area contributed by atoms with Gasteiger partial charge in [-0.2, -0.15) is 4.98 Å². The highest BCUT2D eigenvalue weighted by Crippen LogP contribution is 2.38. The highest BCUT2D eigenvalue weighted by molar-refractivity contribution is 6.03. The Hall–Kier alpha value is -3.68. The Morgan fingerprint density at radius 2 is 1.68 bits per heavy atom. The predicted molar refractivity (Wildman–Crippen MR) is 133 cm³/mol. The van der Waals surface area contributed by atoms with Crippen molar-refractivity contribution in [2.45, 2.75) is 26.7 Å². The van der Waals surface area contributed by atoms with E-state index >= 15 is 0 Å². The van der Waals surface area contributed by atoms with Gasteiger partial charge in [-0.05, 0) is 48.2 Å². The number of piperazine rings is 1. The van der Waals surface area contributed by atoms with Crippen LogP contribution in [0.3, 0.4) is 0 Å². The SMILES string of the molecule is COc1ccc(Nc2nc(N3CCN(c4ccccn4)CC3)nc3c2C(=O)CC(C)(C)C3)cc1. The van der Waals surface area contributed by atoms with Crippen molar-refractivity contribution in [1.82, 2.24) is 15.0 Å². The number of aromatic nitrogens is 3. The van der Waals surface area contributed by atoms with Crippen LogP contribution in [0, 0.1) is 5.41 Å². The molecule has 1 N–H and O–H groups in total. The van der Waals surface area contributed by atoms with Gasteiger partial charge >= 0.3 is 0 Å². The monoisotopic (exact) mass is 458 g/mol. The summed E-state index contributed by atoms with van der Waals surface area (Å²) in [6, 6.07) is 13.6. The molecule has 1 fully saturated rings. The van der Waals surface area contributed by atoms with E-state index in [2.05, 4.69) is 33.9 Å². The van der Waals surface area contributed by atoms with Crippen LogP contribution in [-0.2, 0) is 6.42 Å². The van der Waals surface area contributed by atoms with Crippen molar-refractivity contribution in [2.24, 2.45) is 5.41 Å². The maximum Gasteiger partial charge on any atom is 0.227 e. The number of nitrogens with zero attached hydrogens (tertiary/aromatic N) is 5. The van der Waals surface area contributed by atoms with Gasteiger partial charge in [-0.1, -0.05) is 19.9 Å². The van der Waals surface area contributed by atoms with E-state index in [0.29, 0.717) is 23.8 Å². The van der Waals surface area contributed by atoms with E-state index in [-0.39, 0.29) is 11.2 Å². The molecule has 8 nitrogen and oxygen atoms in total. The number of pyridine rings is 1. The number of carbonyl (C=O) groups is 1. The quantitative estimate of drug-likeness (QED) is 0.612. The number of hydrogen-bond acceptors (Lipinski definition) is 8. The Bertz CT molecular complexity index is 1170. The van der Waals surface area contributed by atoms with E-state index in [1.165, 1.54) is 0 Å². The van der Waals surface area contributed by atoms with Gasteiger partial charge < -0.3 is 19.9 Å². The highest BCUT2D eigenvalue weighted by Gasteiger charge is 2.35. The first-order valence-corrected chi connectivity index (χ1v) is 11.7. The molecule has 0 radical (unpaired) electrons. The summed E-state index contributed by atoms with van der Waals surface area (Å²) in [5, 5.41) is 3.38. The van der Waals surface area contributed by atoms with E-state index in [4.69, 9.17) is 14.7 Å². The number of ketones is 1. The molecule has 3 aromatic rings. The van der Waals surface area contributed by atoms with Crippen LogP contribution in [0.25, 0.3) is 0 Å². The molecule has 1 saturated heterocycles. The number of methoxy groups -OCH3 is 1. The summed E-state index contributed by atoms with van der Waals surface area (Å²) in [6.45, 7) is 7.49. The molecule has 1 aromatic carbocycles. The van der Waals surface area contributed by atoms with Gasteiger partial charge in [0, 0.05) is 44.5 Å². The predicted octanol–water partition coefficient (Wildman–Crippen LogP) is 4.11. The van der Waals surface area contributed by atoms with Gasteiger partial charge in [-0.3, -0.25) is 4.79 Å². The third-order valence-electron chi connectivity index (χ3n) is 6.42. The fraction of sp³-hybridized carbons (Fsp3) is 0.385. The van der Waals surface area contributed by atoms with Crippen molar-refractivity contribution in [1.29, 1.82) is 0 Å². The Kier molecular flexibility index (Phi) is 5.81. The van der Waals surface area contributed by atoms with Gasteiger partial charge in [0.25, 0.3) is 0 Å². The van der Waals surface area contributed by atoms with Crippen molar-refractivity contribution < 1.29 is 9.53 Å². The highest BCUT2D eigenvalue weighted by atomic mass is 16.5. The van der Waals surface area contributed by atoms with Crippen LogP contribution in [0.15, 0.2) is 48.7 Å². The lowest BCUT2D eigenvalue weighted by atomic mass is 9.75. The second-order valence-corrected chi connectivity index (χ2v) is 9.65. The molecule has 0 saturated carbocycles. The number of ether oxygens (including phenoxy) is 1. The van der Waals surface area contributed by atoms with Crippen LogP contribution in [0.4, 0.5) is 23.3 Å². The molecule has 0 unspecified atom stereocenters. The molecule has 8 heteroatoms. The number of fused-ring (bicyclic) bond motifs is 1. The maximum atomic E-state index is 13.1. The topological polar surface area (TPSA) is 83.5 Å². The molecule has 176 valence electrons. The van der Waals surface area contributed by atoms with Crippen LogP contribution in [-0.4, -0.2) is 54.0 Å². The fourth-order valence-corrected chi connectivity index (χ4v) is 4.67. The standard InChI is InChI=1S/C26H30N6O2/c1-26(2)16-20-23(21(33)17-26)24(28-18-7-9-19(34-3)10-8-18)30-25(29-20)32-14-12-31(13-15-32)22-6-4-5-11-27-22/h4-11H,12-17H2,1-3H3,(H,28,29,30). The lowest BCUT2D eigenvalue weighted by molar-refractivity contribution is 0.0911. The van der Waals surface area contributed by atoms with Crippen molar-refractivity contribution in [2.75, 3.05) is 48.4 Å². The van der Waals surface area contributed by atoms with Crippen LogP contribution < -0.4 is 19.9 Å². The zero-order chi connectivity index (χ0) is 23.7. The Morgan fingerprint density at radius 3 is 2.35 bits per heavy atom. The third-order valence-corrected chi connectivity index (χ3v) is 6.42. The van der Waals surface area contributed by atoms with E-state index < -0.39 is 0 Å². The molecule has 2 aliphatic rings. The van der Waals surface area contributed by atoms with Crippen LogP contribution >= 0.6 is 0 Å². The first kappa shape index (κ1) is 22.1. The molecule has 34 heavy (non-hydrogen) atoms. The molecule has 1 aliphatic carbocycles. The average molecular weight is 459 g/mol. The minimum absolute atomic E-state index is 0.0915. The van der Waals surface area contributed by atoms with E-state index in [1.54, 1.807) is 7.11 Å². The smallest absolute Gasteiger partial charge is 0.227 e. The first-order valence-electron chi connectivity index (χ1n) is 11.7. The normalized spacial score (nSPS) is 17.3. The number of hydrogen-bond donors (Lipinski definition) is 1. The molecular formula is C26H30N6O2.